The van der Waals surface area contributed by atoms with Gasteiger partial charge in [0.2, 0.25) is 0 Å². The number of ether oxygens (including phenoxy) is 6. The second kappa shape index (κ2) is 13.0. The van der Waals surface area contributed by atoms with E-state index in [4.69, 9.17) is 28.4 Å². The summed E-state index contributed by atoms with van der Waals surface area (Å²) in [5, 5.41) is 0. The molecule has 206 valence electrons. The van der Waals surface area contributed by atoms with Crippen LogP contribution in [-0.2, 0) is 18.9 Å². The van der Waals surface area contributed by atoms with Crippen LogP contribution in [0.15, 0.2) is 47.9 Å². The lowest BCUT2D eigenvalue weighted by atomic mass is 9.87. The normalized spacial score (nSPS) is 17.8. The molecule has 2 atom stereocenters. The average molecular weight is 523 g/mol. The van der Waals surface area contributed by atoms with Crippen LogP contribution in [-0.4, -0.2) is 39.6 Å². The second-order valence-corrected chi connectivity index (χ2v) is 9.11. The van der Waals surface area contributed by atoms with Crippen molar-refractivity contribution in [1.82, 2.24) is 0 Å². The highest BCUT2D eigenvalue weighted by Crippen LogP contribution is 2.53. The Morgan fingerprint density at radius 2 is 0.842 bits per heavy atom. The highest BCUT2D eigenvalue weighted by Gasteiger charge is 2.40. The van der Waals surface area contributed by atoms with E-state index < -0.39 is 0 Å². The molecule has 0 aliphatic heterocycles. The minimum absolute atomic E-state index is 0.0597. The monoisotopic (exact) mass is 522 g/mol. The van der Waals surface area contributed by atoms with E-state index in [-0.39, 0.29) is 11.8 Å². The van der Waals surface area contributed by atoms with Crippen LogP contribution in [0.2, 0.25) is 0 Å². The molecule has 0 spiro atoms. The van der Waals surface area contributed by atoms with Gasteiger partial charge in [-0.2, -0.15) is 0 Å². The van der Waals surface area contributed by atoms with Crippen LogP contribution in [0, 0.1) is 0 Å². The zero-order chi connectivity index (χ0) is 27.1. The van der Waals surface area contributed by atoms with Crippen molar-refractivity contribution in [2.75, 3.05) is 39.6 Å². The van der Waals surface area contributed by atoms with Crippen LogP contribution in [0.1, 0.15) is 88.5 Å². The second-order valence-electron chi connectivity index (χ2n) is 9.11. The molecule has 38 heavy (non-hydrogen) atoms. The summed E-state index contributed by atoms with van der Waals surface area (Å²) in [5.41, 5.74) is 4.42. The first kappa shape index (κ1) is 27.7. The molecule has 0 radical (unpaired) electrons. The molecule has 2 aromatic carbocycles. The zero-order valence-electron chi connectivity index (χ0n) is 23.7. The minimum atomic E-state index is 0.0597. The number of rotatable bonds is 15. The molecule has 2 aromatic rings. The van der Waals surface area contributed by atoms with E-state index in [1.807, 2.05) is 53.7 Å². The lowest BCUT2D eigenvalue weighted by Crippen LogP contribution is -2.09. The summed E-state index contributed by atoms with van der Waals surface area (Å²) >= 11 is 0. The van der Waals surface area contributed by atoms with E-state index in [1.54, 1.807) is 0 Å². The van der Waals surface area contributed by atoms with Crippen molar-refractivity contribution in [1.29, 1.82) is 0 Å². The number of allylic oxidation sites excluding steroid dienone is 2. The Kier molecular flexibility index (Phi) is 9.48. The Morgan fingerprint density at radius 1 is 0.474 bits per heavy atom. The molecule has 2 aliphatic carbocycles. The van der Waals surface area contributed by atoms with Gasteiger partial charge in [0.25, 0.3) is 0 Å². The van der Waals surface area contributed by atoms with Crippen molar-refractivity contribution in [3.05, 3.63) is 70.2 Å². The number of benzene rings is 2. The topological polar surface area (TPSA) is 55.4 Å². The SMILES string of the molecule is CCOC1=C(OCC)C(CCC2C(OCC)=C(OCC)c3c(OCC)cccc32)c2cccc(OCC)c21. The quantitative estimate of drug-likeness (QED) is 0.240. The van der Waals surface area contributed by atoms with Gasteiger partial charge in [-0.25, -0.2) is 0 Å². The molecule has 2 unspecified atom stereocenters. The Morgan fingerprint density at radius 3 is 1.18 bits per heavy atom. The molecule has 0 fully saturated rings. The lowest BCUT2D eigenvalue weighted by molar-refractivity contribution is 0.182. The van der Waals surface area contributed by atoms with Crippen molar-refractivity contribution in [2.45, 2.75) is 66.2 Å². The molecule has 0 heterocycles. The Bertz CT molecular complexity index is 1070. The average Bonchev–Trinajstić information content (AvgIpc) is 3.37. The van der Waals surface area contributed by atoms with Gasteiger partial charge in [-0.05, 0) is 77.6 Å². The molecular weight excluding hydrogens is 480 g/mol. The number of hydrogen-bond acceptors (Lipinski definition) is 6. The van der Waals surface area contributed by atoms with E-state index in [1.165, 1.54) is 11.1 Å². The van der Waals surface area contributed by atoms with E-state index in [0.29, 0.717) is 39.6 Å². The van der Waals surface area contributed by atoms with Crippen LogP contribution in [0.25, 0.3) is 11.5 Å². The molecule has 0 amide bonds. The fraction of sp³-hybridized carbons (Fsp3) is 0.500. The van der Waals surface area contributed by atoms with E-state index in [0.717, 1.165) is 58.5 Å². The molecule has 0 saturated heterocycles. The van der Waals surface area contributed by atoms with E-state index in [2.05, 4.69) is 24.3 Å². The highest BCUT2D eigenvalue weighted by molar-refractivity contribution is 5.78. The molecule has 4 rings (SSSR count). The third-order valence-electron chi connectivity index (χ3n) is 6.92. The fourth-order valence-corrected chi connectivity index (χ4v) is 5.68. The molecular formula is C32H42O6. The smallest absolute Gasteiger partial charge is 0.168 e. The van der Waals surface area contributed by atoms with Crippen molar-refractivity contribution >= 4 is 11.5 Å². The predicted molar refractivity (Wildman–Crippen MR) is 150 cm³/mol. The highest BCUT2D eigenvalue weighted by atomic mass is 16.5. The summed E-state index contributed by atoms with van der Waals surface area (Å²) < 4.78 is 37.0. The first-order chi connectivity index (χ1) is 18.6. The predicted octanol–water partition coefficient (Wildman–Crippen LogP) is 7.64. The Labute approximate surface area is 227 Å². The minimum Gasteiger partial charge on any atom is -0.494 e. The van der Waals surface area contributed by atoms with Crippen LogP contribution in [0.5, 0.6) is 11.5 Å². The number of fused-ring (bicyclic) bond motifs is 2. The summed E-state index contributed by atoms with van der Waals surface area (Å²) in [4.78, 5) is 0. The first-order valence-electron chi connectivity index (χ1n) is 14.2. The number of hydrogen-bond donors (Lipinski definition) is 0. The Hall–Kier alpha value is -3.28. The van der Waals surface area contributed by atoms with Crippen molar-refractivity contribution in [3.8, 4) is 11.5 Å². The van der Waals surface area contributed by atoms with E-state index >= 15 is 0 Å². The van der Waals surface area contributed by atoms with Gasteiger partial charge in [0.15, 0.2) is 11.5 Å². The standard InChI is InChI=1S/C32H42O6/c1-7-33-25-17-13-15-21-23(29(35-9-3)31(27(21)25)37-11-5)19-20-24-22-16-14-18-26(34-8-2)28(22)32(38-12-6)30(24)36-10-4/h13-18,23-24H,7-12,19-20H2,1-6H3. The third kappa shape index (κ3) is 5.18. The summed E-state index contributed by atoms with van der Waals surface area (Å²) in [5.74, 6) is 5.20. The van der Waals surface area contributed by atoms with Crippen molar-refractivity contribution in [2.24, 2.45) is 0 Å². The summed E-state index contributed by atoms with van der Waals surface area (Å²) in [6.07, 6.45) is 1.71. The largest absolute Gasteiger partial charge is 0.494 e. The van der Waals surface area contributed by atoms with Gasteiger partial charge in [0.05, 0.1) is 50.8 Å². The molecule has 6 nitrogen and oxygen atoms in total. The molecule has 0 bridgehead atoms. The molecule has 6 heteroatoms. The van der Waals surface area contributed by atoms with Gasteiger partial charge in [-0.1, -0.05) is 24.3 Å². The maximum Gasteiger partial charge on any atom is 0.168 e. The van der Waals surface area contributed by atoms with Gasteiger partial charge in [-0.3, -0.25) is 0 Å². The summed E-state index contributed by atoms with van der Waals surface area (Å²) in [6, 6.07) is 12.5. The van der Waals surface area contributed by atoms with Crippen LogP contribution >= 0.6 is 0 Å². The molecule has 2 aliphatic rings. The maximum atomic E-state index is 6.28. The molecule has 0 N–H and O–H groups in total. The zero-order valence-corrected chi connectivity index (χ0v) is 23.7. The van der Waals surface area contributed by atoms with Gasteiger partial charge >= 0.3 is 0 Å². The maximum absolute atomic E-state index is 6.28. The van der Waals surface area contributed by atoms with E-state index in [9.17, 15) is 0 Å². The fourth-order valence-electron chi connectivity index (χ4n) is 5.68. The molecule has 0 aromatic heterocycles. The van der Waals surface area contributed by atoms with Gasteiger partial charge in [-0.15, -0.1) is 0 Å². The first-order valence-corrected chi connectivity index (χ1v) is 14.2. The third-order valence-corrected chi connectivity index (χ3v) is 6.92. The Balaban J connectivity index is 1.75. The van der Waals surface area contributed by atoms with Crippen molar-refractivity contribution < 1.29 is 28.4 Å². The van der Waals surface area contributed by atoms with Crippen LogP contribution in [0.4, 0.5) is 0 Å². The lowest BCUT2D eigenvalue weighted by Gasteiger charge is -2.21. The van der Waals surface area contributed by atoms with Crippen molar-refractivity contribution in [3.63, 3.8) is 0 Å². The summed E-state index contributed by atoms with van der Waals surface area (Å²) in [6.45, 7) is 15.5. The van der Waals surface area contributed by atoms with Gasteiger partial charge < -0.3 is 28.4 Å². The van der Waals surface area contributed by atoms with Gasteiger partial charge in [0.1, 0.15) is 23.0 Å². The van der Waals surface area contributed by atoms with Crippen LogP contribution in [0.3, 0.4) is 0 Å². The molecule has 0 saturated carbocycles. The summed E-state index contributed by atoms with van der Waals surface area (Å²) in [7, 11) is 0. The van der Waals surface area contributed by atoms with Crippen LogP contribution < -0.4 is 9.47 Å². The van der Waals surface area contributed by atoms with Gasteiger partial charge in [0, 0.05) is 11.8 Å².